The average molecular weight is 445 g/mol. The highest BCUT2D eigenvalue weighted by atomic mass is 79.9. The third kappa shape index (κ3) is 4.06. The predicted octanol–water partition coefficient (Wildman–Crippen LogP) is 3.26. The highest BCUT2D eigenvalue weighted by Gasteiger charge is 2.23. The topological polar surface area (TPSA) is 58.6 Å². The molecule has 4 rings (SSSR count). The quantitative estimate of drug-likeness (QED) is 0.617. The number of rotatable bonds is 4. The number of hydrogen-bond donors (Lipinski definition) is 0. The zero-order chi connectivity index (χ0) is 19.5. The number of nitrogens with zero attached hydrogens (tertiary/aromatic N) is 4. The molecule has 1 aliphatic rings. The number of halogens is 2. The van der Waals surface area contributed by atoms with E-state index in [1.807, 2.05) is 24.3 Å². The number of ether oxygens (including phenoxy) is 1. The van der Waals surface area contributed by atoms with Crippen molar-refractivity contribution in [3.8, 4) is 5.75 Å². The summed E-state index contributed by atoms with van der Waals surface area (Å²) in [5.74, 6) is 0.982. The Balaban J connectivity index is 1.37. The van der Waals surface area contributed by atoms with E-state index < -0.39 is 0 Å². The fraction of sp³-hybridized carbons (Fsp3) is 0.250. The molecule has 28 heavy (non-hydrogen) atoms. The Morgan fingerprint density at radius 1 is 1.07 bits per heavy atom. The Labute approximate surface area is 170 Å². The number of fused-ring (bicyclic) bond motifs is 1. The molecular weight excluding hydrogens is 427 g/mol. The van der Waals surface area contributed by atoms with Crippen LogP contribution in [0.2, 0.25) is 0 Å². The van der Waals surface area contributed by atoms with Gasteiger partial charge in [-0.15, -0.1) is 0 Å². The zero-order valence-electron chi connectivity index (χ0n) is 15.0. The van der Waals surface area contributed by atoms with Gasteiger partial charge in [-0.3, -0.25) is 4.79 Å². The molecule has 0 spiro atoms. The molecule has 1 aromatic heterocycles. The van der Waals surface area contributed by atoms with Crippen molar-refractivity contribution >= 4 is 38.6 Å². The van der Waals surface area contributed by atoms with Crippen molar-refractivity contribution in [1.82, 2.24) is 14.9 Å². The van der Waals surface area contributed by atoms with Crippen LogP contribution in [-0.4, -0.2) is 53.6 Å². The molecule has 0 radical (unpaired) electrons. The van der Waals surface area contributed by atoms with Crippen LogP contribution in [0.4, 0.5) is 10.2 Å². The molecule has 0 unspecified atom stereocenters. The molecule has 6 nitrogen and oxygen atoms in total. The Morgan fingerprint density at radius 3 is 2.57 bits per heavy atom. The second-order valence-electron chi connectivity index (χ2n) is 6.47. The summed E-state index contributed by atoms with van der Waals surface area (Å²) < 4.78 is 20.2. The second kappa shape index (κ2) is 8.10. The first-order chi connectivity index (χ1) is 13.6. The van der Waals surface area contributed by atoms with Crippen LogP contribution >= 0.6 is 15.9 Å². The highest BCUT2D eigenvalue weighted by molar-refractivity contribution is 9.10. The number of amides is 1. The van der Waals surface area contributed by atoms with E-state index in [1.54, 1.807) is 11.0 Å². The van der Waals surface area contributed by atoms with Crippen LogP contribution in [0.1, 0.15) is 0 Å². The van der Waals surface area contributed by atoms with E-state index in [2.05, 4.69) is 30.8 Å². The minimum atomic E-state index is -0.317. The zero-order valence-corrected chi connectivity index (χ0v) is 16.6. The molecule has 8 heteroatoms. The lowest BCUT2D eigenvalue weighted by molar-refractivity contribution is -0.133. The lowest BCUT2D eigenvalue weighted by atomic mass is 10.2. The van der Waals surface area contributed by atoms with Crippen molar-refractivity contribution in [3.05, 3.63) is 59.1 Å². The molecule has 1 saturated heterocycles. The van der Waals surface area contributed by atoms with Crippen molar-refractivity contribution in [2.24, 2.45) is 0 Å². The molecule has 0 atom stereocenters. The number of carbonyl (C=O) groups is 1. The van der Waals surface area contributed by atoms with Gasteiger partial charge in [-0.1, -0.05) is 15.9 Å². The van der Waals surface area contributed by atoms with Gasteiger partial charge in [0.1, 0.15) is 23.7 Å². The third-order valence-electron chi connectivity index (χ3n) is 4.68. The first-order valence-corrected chi connectivity index (χ1v) is 9.71. The van der Waals surface area contributed by atoms with Crippen LogP contribution in [0, 0.1) is 5.82 Å². The maximum absolute atomic E-state index is 13.7. The number of benzene rings is 2. The van der Waals surface area contributed by atoms with E-state index in [4.69, 9.17) is 4.74 Å². The normalized spacial score (nSPS) is 14.4. The molecule has 2 heterocycles. The SMILES string of the molecule is O=C(COc1ccc(Br)cc1)N1CCN(c2ncnc3ccc(F)cc23)CC1. The summed E-state index contributed by atoms with van der Waals surface area (Å²) in [6.45, 7) is 2.36. The summed E-state index contributed by atoms with van der Waals surface area (Å²) in [6.07, 6.45) is 1.49. The highest BCUT2D eigenvalue weighted by Crippen LogP contribution is 2.24. The van der Waals surface area contributed by atoms with Crippen molar-refractivity contribution in [2.75, 3.05) is 37.7 Å². The molecular formula is C20H18BrFN4O2. The minimum Gasteiger partial charge on any atom is -0.484 e. The van der Waals surface area contributed by atoms with Crippen LogP contribution in [-0.2, 0) is 4.79 Å². The number of carbonyl (C=O) groups excluding carboxylic acids is 1. The van der Waals surface area contributed by atoms with Gasteiger partial charge >= 0.3 is 0 Å². The Hall–Kier alpha value is -2.74. The van der Waals surface area contributed by atoms with E-state index in [0.29, 0.717) is 48.6 Å². The van der Waals surface area contributed by atoms with Crippen LogP contribution in [0.25, 0.3) is 10.9 Å². The lowest BCUT2D eigenvalue weighted by Gasteiger charge is -2.35. The van der Waals surface area contributed by atoms with E-state index in [-0.39, 0.29) is 18.3 Å². The summed E-state index contributed by atoms with van der Waals surface area (Å²) in [6, 6.07) is 11.9. The number of hydrogen-bond acceptors (Lipinski definition) is 5. The van der Waals surface area contributed by atoms with Crippen molar-refractivity contribution in [2.45, 2.75) is 0 Å². The maximum atomic E-state index is 13.7. The summed E-state index contributed by atoms with van der Waals surface area (Å²) in [4.78, 5) is 24.8. The molecule has 1 amide bonds. The van der Waals surface area contributed by atoms with E-state index >= 15 is 0 Å². The van der Waals surface area contributed by atoms with Gasteiger partial charge in [0, 0.05) is 36.0 Å². The van der Waals surface area contributed by atoms with Crippen LogP contribution in [0.3, 0.4) is 0 Å². The standard InChI is InChI=1S/C20H18BrFN4O2/c21-14-1-4-16(5-2-14)28-12-19(27)25-7-9-26(10-8-25)20-17-11-15(22)3-6-18(17)23-13-24-20/h1-6,11,13H,7-10,12H2. The molecule has 0 aliphatic carbocycles. The summed E-state index contributed by atoms with van der Waals surface area (Å²) in [7, 11) is 0. The van der Waals surface area contributed by atoms with E-state index in [9.17, 15) is 9.18 Å². The number of piperazine rings is 1. The monoisotopic (exact) mass is 444 g/mol. The molecule has 1 fully saturated rings. The predicted molar refractivity (Wildman–Crippen MR) is 108 cm³/mol. The Kier molecular flexibility index (Phi) is 5.38. The van der Waals surface area contributed by atoms with Gasteiger partial charge in [0.15, 0.2) is 6.61 Å². The smallest absolute Gasteiger partial charge is 0.260 e. The van der Waals surface area contributed by atoms with Gasteiger partial charge in [-0.05, 0) is 42.5 Å². The molecule has 0 saturated carbocycles. The lowest BCUT2D eigenvalue weighted by Crippen LogP contribution is -2.50. The summed E-state index contributed by atoms with van der Waals surface area (Å²) in [5.41, 5.74) is 0.702. The van der Waals surface area contributed by atoms with Crippen molar-refractivity contribution < 1.29 is 13.9 Å². The molecule has 2 aromatic carbocycles. The number of anilines is 1. The third-order valence-corrected chi connectivity index (χ3v) is 5.21. The first-order valence-electron chi connectivity index (χ1n) is 8.91. The van der Waals surface area contributed by atoms with E-state index in [1.165, 1.54) is 18.5 Å². The second-order valence-corrected chi connectivity index (χ2v) is 7.38. The summed E-state index contributed by atoms with van der Waals surface area (Å²) in [5, 5.41) is 0.681. The van der Waals surface area contributed by atoms with Gasteiger partial charge in [0.2, 0.25) is 0 Å². The molecule has 144 valence electrons. The van der Waals surface area contributed by atoms with Crippen molar-refractivity contribution in [3.63, 3.8) is 0 Å². The van der Waals surface area contributed by atoms with Gasteiger partial charge in [-0.2, -0.15) is 0 Å². The Bertz CT molecular complexity index is 991. The Morgan fingerprint density at radius 2 is 1.82 bits per heavy atom. The summed E-state index contributed by atoms with van der Waals surface area (Å²) >= 11 is 3.37. The fourth-order valence-corrected chi connectivity index (χ4v) is 3.47. The van der Waals surface area contributed by atoms with Crippen molar-refractivity contribution in [1.29, 1.82) is 0 Å². The van der Waals surface area contributed by atoms with Gasteiger partial charge in [0.05, 0.1) is 5.52 Å². The van der Waals surface area contributed by atoms with Crippen LogP contribution < -0.4 is 9.64 Å². The minimum absolute atomic E-state index is 0.00326. The fourth-order valence-electron chi connectivity index (χ4n) is 3.20. The van der Waals surface area contributed by atoms with Crippen LogP contribution in [0.5, 0.6) is 5.75 Å². The van der Waals surface area contributed by atoms with E-state index in [0.717, 1.165) is 4.47 Å². The number of aromatic nitrogens is 2. The molecule has 1 aliphatic heterocycles. The first kappa shape index (κ1) is 18.6. The maximum Gasteiger partial charge on any atom is 0.260 e. The van der Waals surface area contributed by atoms with Gasteiger partial charge in [-0.25, -0.2) is 14.4 Å². The van der Waals surface area contributed by atoms with Gasteiger partial charge < -0.3 is 14.5 Å². The average Bonchev–Trinajstić information content (AvgIpc) is 2.73. The molecule has 0 bridgehead atoms. The molecule has 0 N–H and O–H groups in total. The largest absolute Gasteiger partial charge is 0.484 e. The van der Waals surface area contributed by atoms with Gasteiger partial charge in [0.25, 0.3) is 5.91 Å². The van der Waals surface area contributed by atoms with Crippen LogP contribution in [0.15, 0.2) is 53.3 Å². The molecule has 3 aromatic rings.